The number of furan rings is 1. The second kappa shape index (κ2) is 10.7. The van der Waals surface area contributed by atoms with Gasteiger partial charge in [0.25, 0.3) is 5.56 Å². The van der Waals surface area contributed by atoms with Gasteiger partial charge in [0.2, 0.25) is 5.82 Å². The molecule has 0 saturated carbocycles. The van der Waals surface area contributed by atoms with Gasteiger partial charge in [-0.05, 0) is 64.5 Å². The number of halogens is 2. The summed E-state index contributed by atoms with van der Waals surface area (Å²) in [6.45, 7) is -0.281. The molecule has 0 aliphatic heterocycles. The first-order chi connectivity index (χ1) is 18.4. The lowest BCUT2D eigenvalue weighted by molar-refractivity contribution is -0.142. The number of hydrogen-bond acceptors (Lipinski definition) is 8. The number of fused-ring (bicyclic) bond motifs is 2. The second-order valence-electron chi connectivity index (χ2n) is 8.00. The molecule has 192 valence electrons. The standard InChI is InChI=1S/C27H19BrClN3O6/c1-35-22-11-16(19(28)12-23(22)37-14-25(33)36-2)13-30-32-26(31-20-6-4-3-5-18(20)27(32)34)24-10-15-9-17(29)7-8-21(15)38-24/h3-13H,14H2,1-2H3. The van der Waals surface area contributed by atoms with Gasteiger partial charge in [0.15, 0.2) is 23.9 Å². The molecule has 5 aromatic rings. The SMILES string of the molecule is COC(=O)COc1cc(Br)c(C=Nn2c(-c3cc4cc(Cl)ccc4o3)nc3ccccc3c2=O)cc1OC. The summed E-state index contributed by atoms with van der Waals surface area (Å²) in [6.07, 6.45) is 1.48. The molecule has 0 unspecified atom stereocenters. The van der Waals surface area contributed by atoms with E-state index in [0.29, 0.717) is 48.8 Å². The fourth-order valence-corrected chi connectivity index (χ4v) is 4.36. The van der Waals surface area contributed by atoms with Crippen molar-refractivity contribution in [1.82, 2.24) is 9.66 Å². The first-order valence-corrected chi connectivity index (χ1v) is 12.4. The number of hydrogen-bond donors (Lipinski definition) is 0. The largest absolute Gasteiger partial charge is 0.493 e. The van der Waals surface area contributed by atoms with Gasteiger partial charge < -0.3 is 18.6 Å². The molecule has 0 fully saturated rings. The zero-order valence-electron chi connectivity index (χ0n) is 20.1. The summed E-state index contributed by atoms with van der Waals surface area (Å²) < 4.78 is 23.3. The van der Waals surface area contributed by atoms with Crippen LogP contribution < -0.4 is 15.0 Å². The van der Waals surface area contributed by atoms with Gasteiger partial charge in [0, 0.05) is 20.4 Å². The summed E-state index contributed by atoms with van der Waals surface area (Å²) in [5.74, 6) is 0.728. The number of carbonyl (C=O) groups excluding carboxylic acids is 1. The van der Waals surface area contributed by atoms with Crippen LogP contribution in [-0.4, -0.2) is 42.7 Å². The minimum atomic E-state index is -0.530. The Hall–Kier alpha value is -4.15. The normalized spacial score (nSPS) is 11.4. The van der Waals surface area contributed by atoms with Gasteiger partial charge >= 0.3 is 5.97 Å². The Bertz CT molecular complexity index is 1780. The number of para-hydroxylation sites is 1. The molecular weight excluding hydrogens is 578 g/mol. The van der Waals surface area contributed by atoms with Gasteiger partial charge in [-0.1, -0.05) is 23.7 Å². The predicted octanol–water partition coefficient (Wildman–Crippen LogP) is 5.67. The van der Waals surface area contributed by atoms with Gasteiger partial charge in [0.05, 0.1) is 31.3 Å². The Kier molecular flexibility index (Phi) is 7.17. The van der Waals surface area contributed by atoms with E-state index in [0.717, 1.165) is 5.39 Å². The molecule has 0 bridgehead atoms. The summed E-state index contributed by atoms with van der Waals surface area (Å²) in [6, 6.07) is 17.3. The van der Waals surface area contributed by atoms with Gasteiger partial charge in [0.1, 0.15) is 5.58 Å². The summed E-state index contributed by atoms with van der Waals surface area (Å²) in [5, 5.41) is 6.20. The lowest BCUT2D eigenvalue weighted by Crippen LogP contribution is -2.20. The monoisotopic (exact) mass is 595 g/mol. The molecule has 38 heavy (non-hydrogen) atoms. The number of aromatic nitrogens is 2. The van der Waals surface area contributed by atoms with Crippen molar-refractivity contribution in [2.75, 3.05) is 20.8 Å². The van der Waals surface area contributed by atoms with Crippen LogP contribution in [0.25, 0.3) is 33.5 Å². The van der Waals surface area contributed by atoms with Crippen LogP contribution in [0.4, 0.5) is 0 Å². The number of methoxy groups -OCH3 is 2. The molecule has 0 atom stereocenters. The fraction of sp³-hybridized carbons (Fsp3) is 0.111. The van der Waals surface area contributed by atoms with E-state index in [1.807, 2.05) is 0 Å². The molecule has 0 aliphatic rings. The van der Waals surface area contributed by atoms with Crippen molar-refractivity contribution < 1.29 is 23.4 Å². The topological polar surface area (TPSA) is 105 Å². The first kappa shape index (κ1) is 25.5. The molecule has 9 nitrogen and oxygen atoms in total. The molecule has 0 N–H and O–H groups in total. The molecule has 2 heterocycles. The van der Waals surface area contributed by atoms with Crippen molar-refractivity contribution in [3.63, 3.8) is 0 Å². The smallest absolute Gasteiger partial charge is 0.343 e. The quantitative estimate of drug-likeness (QED) is 0.176. The van der Waals surface area contributed by atoms with Crippen LogP contribution in [0, 0.1) is 0 Å². The second-order valence-corrected chi connectivity index (χ2v) is 9.29. The number of nitrogens with zero attached hydrogens (tertiary/aromatic N) is 3. The van der Waals surface area contributed by atoms with Crippen LogP contribution in [0.2, 0.25) is 5.02 Å². The van der Waals surface area contributed by atoms with Crippen molar-refractivity contribution >= 4 is 61.6 Å². The van der Waals surface area contributed by atoms with E-state index in [1.54, 1.807) is 60.7 Å². The number of benzene rings is 3. The molecular formula is C27H19BrClN3O6. The van der Waals surface area contributed by atoms with Gasteiger partial charge in [-0.15, -0.1) is 0 Å². The summed E-state index contributed by atoms with van der Waals surface area (Å²) in [7, 11) is 2.75. The molecule has 0 saturated heterocycles. The van der Waals surface area contributed by atoms with Crippen LogP contribution in [-0.2, 0) is 9.53 Å². The average molecular weight is 597 g/mol. The van der Waals surface area contributed by atoms with E-state index in [4.69, 9.17) is 25.5 Å². The molecule has 0 aliphatic carbocycles. The van der Waals surface area contributed by atoms with E-state index in [9.17, 15) is 9.59 Å². The van der Waals surface area contributed by atoms with Crippen molar-refractivity contribution in [3.8, 4) is 23.1 Å². The maximum Gasteiger partial charge on any atom is 0.343 e. The molecule has 0 radical (unpaired) electrons. The third-order valence-electron chi connectivity index (χ3n) is 5.62. The minimum absolute atomic E-state index is 0.221. The van der Waals surface area contributed by atoms with Crippen molar-refractivity contribution in [2.45, 2.75) is 0 Å². The van der Waals surface area contributed by atoms with E-state index in [-0.39, 0.29) is 18.0 Å². The van der Waals surface area contributed by atoms with Crippen LogP contribution in [0.5, 0.6) is 11.5 Å². The van der Waals surface area contributed by atoms with E-state index < -0.39 is 5.97 Å². The van der Waals surface area contributed by atoms with E-state index in [1.165, 1.54) is 25.1 Å². The Balaban J connectivity index is 1.61. The van der Waals surface area contributed by atoms with Crippen LogP contribution >= 0.6 is 27.5 Å². The maximum absolute atomic E-state index is 13.5. The zero-order valence-corrected chi connectivity index (χ0v) is 22.4. The number of ether oxygens (including phenoxy) is 3. The third-order valence-corrected chi connectivity index (χ3v) is 6.54. The predicted molar refractivity (Wildman–Crippen MR) is 147 cm³/mol. The fourth-order valence-electron chi connectivity index (χ4n) is 3.75. The third kappa shape index (κ3) is 5.00. The summed E-state index contributed by atoms with van der Waals surface area (Å²) >= 11 is 9.62. The Morgan fingerprint density at radius 1 is 1.13 bits per heavy atom. The lowest BCUT2D eigenvalue weighted by atomic mass is 10.2. The van der Waals surface area contributed by atoms with Gasteiger partial charge in [-0.2, -0.15) is 9.78 Å². The molecule has 3 aromatic carbocycles. The zero-order chi connectivity index (χ0) is 26.8. The van der Waals surface area contributed by atoms with Crippen molar-refractivity contribution in [3.05, 3.63) is 86.1 Å². The average Bonchev–Trinajstić information content (AvgIpc) is 3.34. The summed E-state index contributed by atoms with van der Waals surface area (Å²) in [4.78, 5) is 29.6. The van der Waals surface area contributed by atoms with Gasteiger partial charge in [-0.25, -0.2) is 9.78 Å². The van der Waals surface area contributed by atoms with Crippen LogP contribution in [0.3, 0.4) is 0 Å². The highest BCUT2D eigenvalue weighted by Crippen LogP contribution is 2.33. The molecule has 5 rings (SSSR count). The molecule has 0 spiro atoms. The number of rotatable bonds is 7. The highest BCUT2D eigenvalue weighted by Gasteiger charge is 2.17. The Morgan fingerprint density at radius 3 is 2.74 bits per heavy atom. The van der Waals surface area contributed by atoms with Crippen LogP contribution in [0.1, 0.15) is 5.56 Å². The number of esters is 1. The highest BCUT2D eigenvalue weighted by atomic mass is 79.9. The molecule has 11 heteroatoms. The van der Waals surface area contributed by atoms with E-state index >= 15 is 0 Å². The maximum atomic E-state index is 13.5. The van der Waals surface area contributed by atoms with Crippen molar-refractivity contribution in [2.24, 2.45) is 5.10 Å². The lowest BCUT2D eigenvalue weighted by Gasteiger charge is -2.12. The Labute approximate surface area is 229 Å². The number of carbonyl (C=O) groups is 1. The van der Waals surface area contributed by atoms with E-state index in [2.05, 4.69) is 30.8 Å². The Morgan fingerprint density at radius 2 is 1.95 bits per heavy atom. The van der Waals surface area contributed by atoms with Gasteiger partial charge in [-0.3, -0.25) is 4.79 Å². The highest BCUT2D eigenvalue weighted by molar-refractivity contribution is 9.10. The first-order valence-electron chi connectivity index (χ1n) is 11.2. The minimum Gasteiger partial charge on any atom is -0.493 e. The van der Waals surface area contributed by atoms with Crippen LogP contribution in [0.15, 0.2) is 79.4 Å². The molecule has 0 amide bonds. The molecule has 2 aromatic heterocycles. The summed E-state index contributed by atoms with van der Waals surface area (Å²) in [5.41, 5.74) is 1.31. The van der Waals surface area contributed by atoms with Crippen molar-refractivity contribution in [1.29, 1.82) is 0 Å².